The number of amides is 3. The van der Waals surface area contributed by atoms with Gasteiger partial charge in [-0.05, 0) is 65.0 Å². The smallest absolute Gasteiger partial charge is 0.417 e. The molecule has 0 bridgehead atoms. The maximum atomic E-state index is 13.8. The Bertz CT molecular complexity index is 1380. The van der Waals surface area contributed by atoms with Crippen LogP contribution in [0, 0.1) is 0 Å². The highest BCUT2D eigenvalue weighted by Crippen LogP contribution is 2.33. The topological polar surface area (TPSA) is 114 Å². The highest BCUT2D eigenvalue weighted by Gasteiger charge is 2.35. The van der Waals surface area contributed by atoms with Crippen LogP contribution in [0.3, 0.4) is 0 Å². The Kier molecular flexibility index (Phi) is 7.80. The molecule has 3 aromatic rings. The van der Waals surface area contributed by atoms with Crippen LogP contribution in [0.2, 0.25) is 0 Å². The molecule has 1 aromatic heterocycles. The fraction of sp³-hybridized carbons (Fsp3) is 0.360. The minimum Gasteiger partial charge on any atom is -0.444 e. The van der Waals surface area contributed by atoms with E-state index in [9.17, 15) is 27.6 Å². The number of ether oxygens (including phenoxy) is 1. The van der Waals surface area contributed by atoms with Crippen molar-refractivity contribution >= 4 is 28.7 Å². The summed E-state index contributed by atoms with van der Waals surface area (Å²) in [5.41, 5.74) is -2.67. The molecule has 1 atom stereocenters. The van der Waals surface area contributed by atoms with Crippen molar-refractivity contribution in [3.8, 4) is 5.69 Å². The molecule has 3 rings (SSSR count). The van der Waals surface area contributed by atoms with Gasteiger partial charge in [0.1, 0.15) is 11.4 Å². The van der Waals surface area contributed by atoms with E-state index in [1.54, 1.807) is 33.8 Å². The number of hydrogen-bond acceptors (Lipinski definition) is 5. The van der Waals surface area contributed by atoms with E-state index in [1.165, 1.54) is 31.2 Å². The van der Waals surface area contributed by atoms with Gasteiger partial charge in [-0.2, -0.15) is 13.2 Å². The normalized spacial score (nSPS) is 12.6. The van der Waals surface area contributed by atoms with Crippen molar-refractivity contribution in [1.29, 1.82) is 0 Å². The lowest BCUT2D eigenvalue weighted by Gasteiger charge is -2.24. The molecule has 2 aromatic carbocycles. The first kappa shape index (κ1) is 27.5. The quantitative estimate of drug-likeness (QED) is 0.432. The van der Waals surface area contributed by atoms with Crippen LogP contribution in [0.25, 0.3) is 16.6 Å². The minimum atomic E-state index is -4.80. The minimum absolute atomic E-state index is 0.0298. The fourth-order valence-electron chi connectivity index (χ4n) is 3.63. The Hall–Kier alpha value is -4.09. The zero-order valence-electron chi connectivity index (χ0n) is 21.0. The average Bonchev–Trinajstić information content (AvgIpc) is 2.76. The predicted octanol–water partition coefficient (Wildman–Crippen LogP) is 5.13. The molecule has 0 aliphatic rings. The Labute approximate surface area is 211 Å². The number of nitrogens with one attached hydrogen (secondary N) is 3. The van der Waals surface area contributed by atoms with Gasteiger partial charge >= 0.3 is 18.3 Å². The van der Waals surface area contributed by atoms with Crippen LogP contribution in [-0.2, 0) is 10.9 Å². The van der Waals surface area contributed by atoms with Crippen molar-refractivity contribution in [2.45, 2.75) is 52.4 Å². The third-order valence-corrected chi connectivity index (χ3v) is 5.05. The summed E-state index contributed by atoms with van der Waals surface area (Å²) in [4.78, 5) is 42.4. The van der Waals surface area contributed by atoms with Crippen molar-refractivity contribution in [2.75, 3.05) is 11.9 Å². The molecule has 0 unspecified atom stereocenters. The second-order valence-corrected chi connectivity index (χ2v) is 9.21. The SMILES string of the molecule is CCNC(=O)Nc1cccc(-n2c([C@H](C)NC(=O)OC(C)(C)C)nc3cccc(C(F)(F)F)c3c2=O)c1. The second-order valence-electron chi connectivity index (χ2n) is 9.21. The number of anilines is 1. The van der Waals surface area contributed by atoms with E-state index in [0.717, 1.165) is 16.7 Å². The predicted molar refractivity (Wildman–Crippen MR) is 133 cm³/mol. The molecule has 0 spiro atoms. The van der Waals surface area contributed by atoms with Crippen LogP contribution in [0.1, 0.15) is 52.0 Å². The van der Waals surface area contributed by atoms with Gasteiger partial charge in [0, 0.05) is 12.2 Å². The first-order valence-electron chi connectivity index (χ1n) is 11.5. The third kappa shape index (κ3) is 6.57. The number of carbonyl (C=O) groups is 2. The van der Waals surface area contributed by atoms with Gasteiger partial charge in [0.15, 0.2) is 0 Å². The fourth-order valence-corrected chi connectivity index (χ4v) is 3.63. The van der Waals surface area contributed by atoms with Gasteiger partial charge in [-0.1, -0.05) is 12.1 Å². The van der Waals surface area contributed by atoms with Gasteiger partial charge in [-0.3, -0.25) is 9.36 Å². The van der Waals surface area contributed by atoms with Gasteiger partial charge in [0.2, 0.25) is 0 Å². The Morgan fingerprint density at radius 3 is 2.41 bits per heavy atom. The molecule has 12 heteroatoms. The summed E-state index contributed by atoms with van der Waals surface area (Å²) in [6, 6.07) is 7.82. The van der Waals surface area contributed by atoms with Crippen LogP contribution in [0.5, 0.6) is 0 Å². The van der Waals surface area contributed by atoms with Gasteiger partial charge < -0.3 is 20.7 Å². The molecule has 3 N–H and O–H groups in total. The first-order valence-corrected chi connectivity index (χ1v) is 11.5. The van der Waals surface area contributed by atoms with E-state index in [-0.39, 0.29) is 17.0 Å². The molecular formula is C25H28F3N5O4. The number of carbonyl (C=O) groups excluding carboxylic acids is 2. The molecule has 37 heavy (non-hydrogen) atoms. The molecule has 0 radical (unpaired) electrons. The largest absolute Gasteiger partial charge is 0.444 e. The van der Waals surface area contributed by atoms with Crippen molar-refractivity contribution in [3.05, 3.63) is 64.2 Å². The van der Waals surface area contributed by atoms with Crippen molar-refractivity contribution in [1.82, 2.24) is 20.2 Å². The average molecular weight is 520 g/mol. The van der Waals surface area contributed by atoms with Crippen LogP contribution in [0.15, 0.2) is 47.3 Å². The summed E-state index contributed by atoms with van der Waals surface area (Å²) in [5, 5.41) is 7.12. The Morgan fingerprint density at radius 1 is 1.11 bits per heavy atom. The number of halogens is 3. The van der Waals surface area contributed by atoms with Gasteiger partial charge in [0.25, 0.3) is 5.56 Å². The molecule has 0 aliphatic heterocycles. The van der Waals surface area contributed by atoms with E-state index in [2.05, 4.69) is 20.9 Å². The third-order valence-electron chi connectivity index (χ3n) is 5.05. The van der Waals surface area contributed by atoms with Crippen molar-refractivity contribution < 1.29 is 27.5 Å². The monoisotopic (exact) mass is 519 g/mol. The van der Waals surface area contributed by atoms with E-state index in [4.69, 9.17) is 4.74 Å². The summed E-state index contributed by atoms with van der Waals surface area (Å²) < 4.78 is 47.7. The maximum absolute atomic E-state index is 13.8. The van der Waals surface area contributed by atoms with E-state index in [0.29, 0.717) is 12.2 Å². The number of urea groups is 1. The number of alkyl halides is 3. The summed E-state index contributed by atoms with van der Waals surface area (Å²) in [6.45, 7) is 8.66. The number of nitrogens with zero attached hydrogens (tertiary/aromatic N) is 2. The zero-order valence-corrected chi connectivity index (χ0v) is 21.0. The number of benzene rings is 2. The number of fused-ring (bicyclic) bond motifs is 1. The molecule has 3 amide bonds. The maximum Gasteiger partial charge on any atom is 0.417 e. The van der Waals surface area contributed by atoms with Crippen LogP contribution >= 0.6 is 0 Å². The lowest BCUT2D eigenvalue weighted by Crippen LogP contribution is -2.37. The van der Waals surface area contributed by atoms with Gasteiger partial charge in [0.05, 0.1) is 28.2 Å². The molecule has 9 nitrogen and oxygen atoms in total. The molecule has 0 saturated carbocycles. The first-order chi connectivity index (χ1) is 17.2. The highest BCUT2D eigenvalue weighted by molar-refractivity contribution is 5.89. The van der Waals surface area contributed by atoms with E-state index >= 15 is 0 Å². The summed E-state index contributed by atoms with van der Waals surface area (Å²) in [7, 11) is 0. The van der Waals surface area contributed by atoms with E-state index < -0.39 is 46.5 Å². The number of hydrogen-bond donors (Lipinski definition) is 3. The standard InChI is InChI=1S/C25H28F3N5O4/c1-6-29-22(35)31-15-9-7-10-16(13-15)33-20(14(2)30-23(36)37-24(3,4)5)32-18-12-8-11-17(25(26,27)28)19(18)21(33)34/h7-14H,6H2,1-5H3,(H,30,36)(H2,29,31,35)/t14-/m0/s1. The lowest BCUT2D eigenvalue weighted by atomic mass is 10.1. The summed E-state index contributed by atoms with van der Waals surface area (Å²) in [6.07, 6.45) is -5.60. The van der Waals surface area contributed by atoms with Crippen molar-refractivity contribution in [3.63, 3.8) is 0 Å². The second kappa shape index (κ2) is 10.5. The van der Waals surface area contributed by atoms with Crippen molar-refractivity contribution in [2.24, 2.45) is 0 Å². The Balaban J connectivity index is 2.23. The summed E-state index contributed by atoms with van der Waals surface area (Å²) >= 11 is 0. The molecule has 1 heterocycles. The molecule has 198 valence electrons. The molecular weight excluding hydrogens is 491 g/mol. The zero-order chi connectivity index (χ0) is 27.5. The lowest BCUT2D eigenvalue weighted by molar-refractivity contribution is -0.136. The Morgan fingerprint density at radius 2 is 1.78 bits per heavy atom. The highest BCUT2D eigenvalue weighted by atomic mass is 19.4. The number of rotatable bonds is 5. The molecule has 0 fully saturated rings. The summed E-state index contributed by atoms with van der Waals surface area (Å²) in [5.74, 6) is -0.0298. The number of alkyl carbamates (subject to hydrolysis) is 1. The van der Waals surface area contributed by atoms with Gasteiger partial charge in [-0.15, -0.1) is 0 Å². The number of aromatic nitrogens is 2. The van der Waals surface area contributed by atoms with E-state index in [1.807, 2.05) is 0 Å². The molecule has 0 saturated heterocycles. The van der Waals surface area contributed by atoms with Gasteiger partial charge in [-0.25, -0.2) is 14.6 Å². The van der Waals surface area contributed by atoms with Crippen LogP contribution in [0.4, 0.5) is 28.4 Å². The van der Waals surface area contributed by atoms with Crippen LogP contribution < -0.4 is 21.5 Å². The molecule has 0 aliphatic carbocycles. The van der Waals surface area contributed by atoms with Crippen LogP contribution in [-0.4, -0.2) is 33.8 Å².